The highest BCUT2D eigenvalue weighted by molar-refractivity contribution is 9.10. The number of aromatic nitrogens is 3. The number of amides is 1. The molecular weight excluding hydrogens is 372 g/mol. The monoisotopic (exact) mass is 388 g/mol. The number of pyridine rings is 1. The molecule has 1 aliphatic rings. The highest BCUT2D eigenvalue weighted by Gasteiger charge is 2.30. The highest BCUT2D eigenvalue weighted by Crippen LogP contribution is 2.24. The van der Waals surface area contributed by atoms with E-state index in [0.717, 1.165) is 4.47 Å². The van der Waals surface area contributed by atoms with Crippen LogP contribution in [0.3, 0.4) is 0 Å². The van der Waals surface area contributed by atoms with E-state index in [4.69, 9.17) is 0 Å². The molecule has 1 amide bonds. The van der Waals surface area contributed by atoms with E-state index in [1.165, 1.54) is 0 Å². The molecular formula is C16H17BrN6O. The molecule has 2 aromatic rings. The van der Waals surface area contributed by atoms with Gasteiger partial charge >= 0.3 is 0 Å². The lowest BCUT2D eigenvalue weighted by atomic mass is 10.1. The molecule has 7 nitrogen and oxygen atoms in total. The van der Waals surface area contributed by atoms with Crippen molar-refractivity contribution in [2.24, 2.45) is 7.05 Å². The molecule has 0 bridgehead atoms. The van der Waals surface area contributed by atoms with Gasteiger partial charge in [-0.2, -0.15) is 10.4 Å². The third kappa shape index (κ3) is 3.12. The number of carbonyl (C=O) groups excluding carboxylic acids is 1. The SMILES string of the molecule is CC1CN(c2ncc(Br)cc2C#N)CCN1C(=O)c1cnn(C)c1. The molecule has 1 unspecified atom stereocenters. The Labute approximate surface area is 148 Å². The molecule has 2 aromatic heterocycles. The van der Waals surface area contributed by atoms with Gasteiger partial charge in [0.25, 0.3) is 5.91 Å². The summed E-state index contributed by atoms with van der Waals surface area (Å²) in [6.45, 7) is 3.86. The zero-order chi connectivity index (χ0) is 17.3. The fourth-order valence-corrected chi connectivity index (χ4v) is 3.25. The number of rotatable bonds is 2. The van der Waals surface area contributed by atoms with Crippen LogP contribution in [0.15, 0.2) is 29.1 Å². The van der Waals surface area contributed by atoms with Gasteiger partial charge in [0.15, 0.2) is 0 Å². The maximum Gasteiger partial charge on any atom is 0.257 e. The van der Waals surface area contributed by atoms with Gasteiger partial charge in [-0.3, -0.25) is 9.48 Å². The number of hydrogen-bond acceptors (Lipinski definition) is 5. The van der Waals surface area contributed by atoms with Crippen molar-refractivity contribution in [1.82, 2.24) is 19.7 Å². The Balaban J connectivity index is 1.76. The Bertz CT molecular complexity index is 811. The number of piperazine rings is 1. The molecule has 124 valence electrons. The number of halogens is 1. The van der Waals surface area contributed by atoms with Crippen molar-refractivity contribution >= 4 is 27.7 Å². The largest absolute Gasteiger partial charge is 0.352 e. The molecule has 0 radical (unpaired) electrons. The normalized spacial score (nSPS) is 17.7. The minimum absolute atomic E-state index is 0.0143. The summed E-state index contributed by atoms with van der Waals surface area (Å²) >= 11 is 3.34. The summed E-state index contributed by atoms with van der Waals surface area (Å²) in [6, 6.07) is 3.97. The highest BCUT2D eigenvalue weighted by atomic mass is 79.9. The molecule has 3 heterocycles. The fourth-order valence-electron chi connectivity index (χ4n) is 2.92. The van der Waals surface area contributed by atoms with E-state index in [0.29, 0.717) is 36.6 Å². The molecule has 1 saturated heterocycles. The van der Waals surface area contributed by atoms with E-state index in [-0.39, 0.29) is 11.9 Å². The van der Waals surface area contributed by atoms with E-state index < -0.39 is 0 Å². The number of carbonyl (C=O) groups is 1. The predicted molar refractivity (Wildman–Crippen MR) is 92.6 cm³/mol. The van der Waals surface area contributed by atoms with E-state index in [1.54, 1.807) is 36.4 Å². The maximum atomic E-state index is 12.6. The van der Waals surface area contributed by atoms with Crippen LogP contribution in [0.2, 0.25) is 0 Å². The third-order valence-electron chi connectivity index (χ3n) is 4.09. The second kappa shape index (κ2) is 6.61. The molecule has 24 heavy (non-hydrogen) atoms. The molecule has 1 aliphatic heterocycles. The van der Waals surface area contributed by atoms with Crippen molar-refractivity contribution < 1.29 is 4.79 Å². The summed E-state index contributed by atoms with van der Waals surface area (Å²) in [5.41, 5.74) is 1.13. The third-order valence-corrected chi connectivity index (χ3v) is 4.53. The first kappa shape index (κ1) is 16.5. The lowest BCUT2D eigenvalue weighted by Gasteiger charge is -2.40. The molecule has 1 atom stereocenters. The van der Waals surface area contributed by atoms with E-state index >= 15 is 0 Å². The van der Waals surface area contributed by atoms with Gasteiger partial charge < -0.3 is 9.80 Å². The Morgan fingerprint density at radius 1 is 1.42 bits per heavy atom. The predicted octanol–water partition coefficient (Wildman–Crippen LogP) is 1.80. The Hall–Kier alpha value is -2.40. The average Bonchev–Trinajstić information content (AvgIpc) is 3.00. The van der Waals surface area contributed by atoms with Crippen LogP contribution in [-0.2, 0) is 7.05 Å². The van der Waals surface area contributed by atoms with Crippen molar-refractivity contribution in [1.29, 1.82) is 5.26 Å². The first-order valence-corrected chi connectivity index (χ1v) is 8.39. The van der Waals surface area contributed by atoms with E-state index in [2.05, 4.69) is 37.0 Å². The number of nitriles is 1. The number of hydrogen-bond donors (Lipinski definition) is 0. The van der Waals surface area contributed by atoms with Gasteiger partial charge in [0, 0.05) is 49.6 Å². The van der Waals surface area contributed by atoms with Crippen molar-refractivity contribution in [2.45, 2.75) is 13.0 Å². The summed E-state index contributed by atoms with van der Waals surface area (Å²) < 4.78 is 2.40. The van der Waals surface area contributed by atoms with Crippen LogP contribution in [0.1, 0.15) is 22.8 Å². The zero-order valence-electron chi connectivity index (χ0n) is 13.5. The van der Waals surface area contributed by atoms with Gasteiger partial charge in [0.1, 0.15) is 11.9 Å². The van der Waals surface area contributed by atoms with E-state index in [9.17, 15) is 10.1 Å². The minimum atomic E-state index is -0.0143. The molecule has 0 saturated carbocycles. The van der Waals surface area contributed by atoms with Crippen molar-refractivity contribution in [3.05, 3.63) is 40.3 Å². The number of nitrogens with zero attached hydrogens (tertiary/aromatic N) is 6. The first-order chi connectivity index (χ1) is 11.5. The van der Waals surface area contributed by atoms with Crippen LogP contribution in [0.5, 0.6) is 0 Å². The summed E-state index contributed by atoms with van der Waals surface area (Å²) in [5.74, 6) is 0.653. The van der Waals surface area contributed by atoms with Crippen molar-refractivity contribution in [2.75, 3.05) is 24.5 Å². The molecule has 0 aliphatic carbocycles. The van der Waals surface area contributed by atoms with Crippen LogP contribution >= 0.6 is 15.9 Å². The number of anilines is 1. The maximum absolute atomic E-state index is 12.6. The average molecular weight is 389 g/mol. The van der Waals surface area contributed by atoms with Gasteiger partial charge in [-0.25, -0.2) is 4.98 Å². The summed E-state index contributed by atoms with van der Waals surface area (Å²) in [4.78, 5) is 20.9. The molecule has 0 spiro atoms. The quantitative estimate of drug-likeness (QED) is 0.783. The second-order valence-corrected chi connectivity index (χ2v) is 6.75. The summed E-state index contributed by atoms with van der Waals surface area (Å²) in [5, 5.41) is 13.4. The van der Waals surface area contributed by atoms with Crippen LogP contribution in [-0.4, -0.2) is 51.2 Å². The molecule has 0 aromatic carbocycles. The van der Waals surface area contributed by atoms with E-state index in [1.807, 2.05) is 11.8 Å². The number of aryl methyl sites for hydroxylation is 1. The lowest BCUT2D eigenvalue weighted by molar-refractivity contribution is 0.0673. The Morgan fingerprint density at radius 3 is 2.83 bits per heavy atom. The summed E-state index contributed by atoms with van der Waals surface area (Å²) in [7, 11) is 1.79. The minimum Gasteiger partial charge on any atom is -0.352 e. The van der Waals surface area contributed by atoms with Gasteiger partial charge in [0.2, 0.25) is 0 Å². The standard InChI is InChI=1S/C16H17BrN6O/c1-11-9-22(15-12(6-18)5-14(17)8-19-15)3-4-23(11)16(24)13-7-20-21(2)10-13/h5,7-8,10-11H,3-4,9H2,1-2H3. The summed E-state index contributed by atoms with van der Waals surface area (Å²) in [6.07, 6.45) is 5.00. The van der Waals surface area contributed by atoms with Crippen molar-refractivity contribution in [3.63, 3.8) is 0 Å². The van der Waals surface area contributed by atoms with Gasteiger partial charge in [0.05, 0.1) is 17.3 Å². The lowest BCUT2D eigenvalue weighted by Crippen LogP contribution is -2.54. The zero-order valence-corrected chi connectivity index (χ0v) is 15.1. The van der Waals surface area contributed by atoms with Gasteiger partial charge in [-0.15, -0.1) is 0 Å². The van der Waals surface area contributed by atoms with Crippen LogP contribution in [0, 0.1) is 11.3 Å². The first-order valence-electron chi connectivity index (χ1n) is 7.60. The van der Waals surface area contributed by atoms with Crippen LogP contribution in [0.4, 0.5) is 5.82 Å². The van der Waals surface area contributed by atoms with Gasteiger partial charge in [-0.1, -0.05) is 0 Å². The topological polar surface area (TPSA) is 78.1 Å². The second-order valence-electron chi connectivity index (χ2n) is 5.83. The Morgan fingerprint density at radius 2 is 2.21 bits per heavy atom. The Kier molecular flexibility index (Phi) is 4.53. The fraction of sp³-hybridized carbons (Fsp3) is 0.375. The van der Waals surface area contributed by atoms with Crippen LogP contribution in [0.25, 0.3) is 0 Å². The molecule has 3 rings (SSSR count). The molecule has 8 heteroatoms. The molecule has 1 fully saturated rings. The molecule has 0 N–H and O–H groups in total. The van der Waals surface area contributed by atoms with Crippen LogP contribution < -0.4 is 4.90 Å². The van der Waals surface area contributed by atoms with Gasteiger partial charge in [-0.05, 0) is 28.9 Å². The smallest absolute Gasteiger partial charge is 0.257 e. The van der Waals surface area contributed by atoms with Crippen molar-refractivity contribution in [3.8, 4) is 6.07 Å².